The van der Waals surface area contributed by atoms with Crippen LogP contribution in [0, 0.1) is 6.92 Å². The molecular formula is C15H22BrN3O3S. The van der Waals surface area contributed by atoms with Gasteiger partial charge in [-0.2, -0.15) is 0 Å². The van der Waals surface area contributed by atoms with Crippen molar-refractivity contribution in [2.24, 2.45) is 0 Å². The SMILES string of the molecule is Cc1cc(S(=O)(=O)NCCC(=O)N2CCN(C)CC2)ccc1Br. The van der Waals surface area contributed by atoms with Crippen LogP contribution < -0.4 is 4.72 Å². The van der Waals surface area contributed by atoms with Gasteiger partial charge < -0.3 is 9.80 Å². The van der Waals surface area contributed by atoms with Gasteiger partial charge in [-0.25, -0.2) is 13.1 Å². The minimum atomic E-state index is -3.58. The fraction of sp³-hybridized carbons (Fsp3) is 0.533. The van der Waals surface area contributed by atoms with E-state index >= 15 is 0 Å². The molecule has 128 valence electrons. The van der Waals surface area contributed by atoms with Gasteiger partial charge in [-0.1, -0.05) is 15.9 Å². The van der Waals surface area contributed by atoms with Gasteiger partial charge in [-0.3, -0.25) is 4.79 Å². The summed E-state index contributed by atoms with van der Waals surface area (Å²) in [6, 6.07) is 4.86. The van der Waals surface area contributed by atoms with E-state index in [0.717, 1.165) is 23.1 Å². The summed E-state index contributed by atoms with van der Waals surface area (Å²) >= 11 is 3.35. The second-order valence-electron chi connectivity index (χ2n) is 5.74. The van der Waals surface area contributed by atoms with Gasteiger partial charge in [0.15, 0.2) is 0 Å². The van der Waals surface area contributed by atoms with Crippen LogP contribution in [0.4, 0.5) is 0 Å². The number of nitrogens with zero attached hydrogens (tertiary/aromatic N) is 2. The van der Waals surface area contributed by atoms with E-state index < -0.39 is 10.0 Å². The Balaban J connectivity index is 1.87. The predicted octanol–water partition coefficient (Wildman–Crippen LogP) is 1.20. The first-order chi connectivity index (χ1) is 10.8. The molecule has 1 heterocycles. The first kappa shape index (κ1) is 18.4. The highest BCUT2D eigenvalue weighted by Crippen LogP contribution is 2.19. The van der Waals surface area contributed by atoms with Crippen molar-refractivity contribution in [1.82, 2.24) is 14.5 Å². The van der Waals surface area contributed by atoms with Crippen LogP contribution in [-0.4, -0.2) is 63.9 Å². The lowest BCUT2D eigenvalue weighted by molar-refractivity contribution is -0.132. The molecule has 1 aromatic carbocycles. The van der Waals surface area contributed by atoms with E-state index in [9.17, 15) is 13.2 Å². The molecule has 1 aromatic rings. The third-order valence-corrected chi connectivity index (χ3v) is 6.28. The Morgan fingerprint density at radius 3 is 2.52 bits per heavy atom. The molecule has 1 aliphatic heterocycles. The van der Waals surface area contributed by atoms with Crippen molar-refractivity contribution >= 4 is 31.9 Å². The molecule has 0 unspecified atom stereocenters. The molecule has 0 atom stereocenters. The predicted molar refractivity (Wildman–Crippen MR) is 92.8 cm³/mol. The van der Waals surface area contributed by atoms with Crippen LogP contribution in [0.1, 0.15) is 12.0 Å². The third kappa shape index (κ3) is 5.00. The molecule has 1 N–H and O–H groups in total. The lowest BCUT2D eigenvalue weighted by Gasteiger charge is -2.32. The van der Waals surface area contributed by atoms with Crippen molar-refractivity contribution in [2.45, 2.75) is 18.2 Å². The Hall–Kier alpha value is -0.960. The minimum Gasteiger partial charge on any atom is -0.340 e. The zero-order valence-corrected chi connectivity index (χ0v) is 15.8. The lowest BCUT2D eigenvalue weighted by Crippen LogP contribution is -2.47. The molecule has 1 fully saturated rings. The summed E-state index contributed by atoms with van der Waals surface area (Å²) in [5.74, 6) is -0.00668. The average molecular weight is 404 g/mol. The highest BCUT2D eigenvalue weighted by Gasteiger charge is 2.20. The first-order valence-corrected chi connectivity index (χ1v) is 9.79. The van der Waals surface area contributed by atoms with Gasteiger partial charge in [-0.05, 0) is 37.7 Å². The largest absolute Gasteiger partial charge is 0.340 e. The van der Waals surface area contributed by atoms with Gasteiger partial charge in [-0.15, -0.1) is 0 Å². The van der Waals surface area contributed by atoms with E-state index in [2.05, 4.69) is 25.6 Å². The van der Waals surface area contributed by atoms with Gasteiger partial charge in [0.1, 0.15) is 0 Å². The maximum Gasteiger partial charge on any atom is 0.240 e. The maximum atomic E-state index is 12.2. The number of likely N-dealkylation sites (N-methyl/N-ethyl adjacent to an activating group) is 1. The molecule has 2 rings (SSSR count). The molecule has 1 amide bonds. The Labute approximate surface area is 146 Å². The monoisotopic (exact) mass is 403 g/mol. The van der Waals surface area contributed by atoms with Gasteiger partial charge in [0.2, 0.25) is 15.9 Å². The Morgan fingerprint density at radius 2 is 1.91 bits per heavy atom. The van der Waals surface area contributed by atoms with E-state index in [1.807, 2.05) is 14.0 Å². The number of sulfonamides is 1. The third-order valence-electron chi connectivity index (χ3n) is 3.93. The van der Waals surface area contributed by atoms with Crippen LogP contribution in [0.3, 0.4) is 0 Å². The Morgan fingerprint density at radius 1 is 1.26 bits per heavy atom. The summed E-state index contributed by atoms with van der Waals surface area (Å²) in [7, 11) is -1.56. The summed E-state index contributed by atoms with van der Waals surface area (Å²) in [5.41, 5.74) is 0.849. The zero-order valence-electron chi connectivity index (χ0n) is 13.4. The Bertz CT molecular complexity index is 671. The van der Waals surface area contributed by atoms with Crippen molar-refractivity contribution in [3.63, 3.8) is 0 Å². The zero-order chi connectivity index (χ0) is 17.0. The van der Waals surface area contributed by atoms with E-state index in [1.54, 1.807) is 23.1 Å². The summed E-state index contributed by atoms with van der Waals surface area (Å²) in [6.45, 7) is 5.07. The molecule has 8 heteroatoms. The van der Waals surface area contributed by atoms with E-state index in [4.69, 9.17) is 0 Å². The molecule has 1 saturated heterocycles. The number of halogens is 1. The molecule has 6 nitrogen and oxygen atoms in total. The molecule has 0 aliphatic carbocycles. The van der Waals surface area contributed by atoms with Crippen LogP contribution in [0.5, 0.6) is 0 Å². The number of amides is 1. The van der Waals surface area contributed by atoms with Crippen molar-refractivity contribution in [1.29, 1.82) is 0 Å². The number of nitrogens with one attached hydrogen (secondary N) is 1. The van der Waals surface area contributed by atoms with Gasteiger partial charge >= 0.3 is 0 Å². The number of rotatable bonds is 5. The van der Waals surface area contributed by atoms with Crippen molar-refractivity contribution in [2.75, 3.05) is 39.8 Å². The second-order valence-corrected chi connectivity index (χ2v) is 8.36. The van der Waals surface area contributed by atoms with Gasteiger partial charge in [0, 0.05) is 43.6 Å². The summed E-state index contributed by atoms with van der Waals surface area (Å²) < 4.78 is 27.8. The van der Waals surface area contributed by atoms with Crippen molar-refractivity contribution in [3.05, 3.63) is 28.2 Å². The molecule has 0 spiro atoms. The lowest BCUT2D eigenvalue weighted by atomic mass is 10.2. The fourth-order valence-electron chi connectivity index (χ4n) is 2.37. The number of aryl methyl sites for hydroxylation is 1. The number of hydrogen-bond acceptors (Lipinski definition) is 4. The van der Waals surface area contributed by atoms with Gasteiger partial charge in [0.25, 0.3) is 0 Å². The average Bonchev–Trinajstić information content (AvgIpc) is 2.50. The summed E-state index contributed by atoms with van der Waals surface area (Å²) in [6.07, 6.45) is 0.179. The molecule has 23 heavy (non-hydrogen) atoms. The topological polar surface area (TPSA) is 69.7 Å². The molecular weight excluding hydrogens is 382 g/mol. The molecule has 0 aromatic heterocycles. The smallest absolute Gasteiger partial charge is 0.240 e. The van der Waals surface area contributed by atoms with Crippen LogP contribution in [-0.2, 0) is 14.8 Å². The normalized spacial score (nSPS) is 16.6. The van der Waals surface area contributed by atoms with Crippen LogP contribution >= 0.6 is 15.9 Å². The minimum absolute atomic E-state index is 0.00668. The van der Waals surface area contributed by atoms with E-state index in [0.29, 0.717) is 13.1 Å². The molecule has 0 saturated carbocycles. The highest BCUT2D eigenvalue weighted by molar-refractivity contribution is 9.10. The first-order valence-electron chi connectivity index (χ1n) is 7.52. The molecule has 1 aliphatic rings. The van der Waals surface area contributed by atoms with Crippen LogP contribution in [0.25, 0.3) is 0 Å². The number of piperazine rings is 1. The maximum absolute atomic E-state index is 12.2. The van der Waals surface area contributed by atoms with E-state index in [-0.39, 0.29) is 23.8 Å². The molecule has 0 radical (unpaired) electrons. The van der Waals surface area contributed by atoms with Crippen molar-refractivity contribution in [3.8, 4) is 0 Å². The highest BCUT2D eigenvalue weighted by atomic mass is 79.9. The fourth-order valence-corrected chi connectivity index (χ4v) is 3.74. The summed E-state index contributed by atoms with van der Waals surface area (Å²) in [5, 5.41) is 0. The second kappa shape index (κ2) is 7.74. The number of benzene rings is 1. The van der Waals surface area contributed by atoms with Gasteiger partial charge in [0.05, 0.1) is 4.90 Å². The Kier molecular flexibility index (Phi) is 6.19. The number of hydrogen-bond donors (Lipinski definition) is 1. The van der Waals surface area contributed by atoms with Crippen LogP contribution in [0.15, 0.2) is 27.6 Å². The van der Waals surface area contributed by atoms with Crippen LogP contribution in [0.2, 0.25) is 0 Å². The number of carbonyl (C=O) groups excluding carboxylic acids is 1. The number of carbonyl (C=O) groups is 1. The molecule has 0 bridgehead atoms. The van der Waals surface area contributed by atoms with E-state index in [1.165, 1.54) is 0 Å². The standard InChI is InChI=1S/C15H22BrN3O3S/c1-12-11-13(3-4-14(12)16)23(21,22)17-6-5-15(20)19-9-7-18(2)8-10-19/h3-4,11,17H,5-10H2,1-2H3. The quantitative estimate of drug-likeness (QED) is 0.801. The summed E-state index contributed by atoms with van der Waals surface area (Å²) in [4.78, 5) is 16.3. The van der Waals surface area contributed by atoms with Crippen molar-refractivity contribution < 1.29 is 13.2 Å².